The van der Waals surface area contributed by atoms with Crippen LogP contribution < -0.4 is 4.74 Å². The number of rotatable bonds is 1. The first kappa shape index (κ1) is 11.7. The predicted molar refractivity (Wildman–Crippen MR) is 81.4 cm³/mol. The van der Waals surface area contributed by atoms with Crippen molar-refractivity contribution in [1.82, 2.24) is 4.98 Å². The third-order valence-corrected chi connectivity index (χ3v) is 3.93. The van der Waals surface area contributed by atoms with Gasteiger partial charge in [-0.25, -0.2) is 4.98 Å². The molecule has 0 unspecified atom stereocenters. The van der Waals surface area contributed by atoms with Crippen molar-refractivity contribution >= 4 is 22.5 Å². The summed E-state index contributed by atoms with van der Waals surface area (Å²) >= 11 is 6.00. The summed E-state index contributed by atoms with van der Waals surface area (Å²) in [5, 5.41) is 1.92. The molecule has 0 aliphatic carbocycles. The summed E-state index contributed by atoms with van der Waals surface area (Å²) in [7, 11) is 0. The lowest BCUT2D eigenvalue weighted by Gasteiger charge is -2.11. The van der Waals surface area contributed by atoms with E-state index in [0.717, 1.165) is 28.4 Å². The van der Waals surface area contributed by atoms with E-state index in [1.807, 2.05) is 30.3 Å². The molecule has 2 nitrogen and oxygen atoms in total. The zero-order chi connectivity index (χ0) is 13.5. The van der Waals surface area contributed by atoms with Crippen molar-refractivity contribution in [2.45, 2.75) is 6.42 Å². The minimum absolute atomic E-state index is 0.708. The molecule has 4 rings (SSSR count). The van der Waals surface area contributed by atoms with Gasteiger partial charge in [0.2, 0.25) is 5.88 Å². The Hall–Kier alpha value is -2.06. The molecule has 20 heavy (non-hydrogen) atoms. The highest BCUT2D eigenvalue weighted by atomic mass is 35.5. The topological polar surface area (TPSA) is 22.1 Å². The third-order valence-electron chi connectivity index (χ3n) is 3.68. The number of benzene rings is 2. The lowest BCUT2D eigenvalue weighted by molar-refractivity contribution is 0.346. The van der Waals surface area contributed by atoms with E-state index < -0.39 is 0 Å². The van der Waals surface area contributed by atoms with Gasteiger partial charge in [-0.3, -0.25) is 0 Å². The smallest absolute Gasteiger partial charge is 0.217 e. The normalized spacial score (nSPS) is 13.2. The second kappa shape index (κ2) is 4.50. The maximum atomic E-state index is 6.00. The van der Waals surface area contributed by atoms with Crippen molar-refractivity contribution in [2.75, 3.05) is 6.61 Å². The lowest BCUT2D eigenvalue weighted by atomic mass is 9.95. The fourth-order valence-electron chi connectivity index (χ4n) is 2.78. The third kappa shape index (κ3) is 1.76. The summed E-state index contributed by atoms with van der Waals surface area (Å²) in [6, 6.07) is 16.2. The van der Waals surface area contributed by atoms with Gasteiger partial charge in [-0.15, -0.1) is 0 Å². The number of halogens is 1. The molecule has 0 amide bonds. The Bertz CT molecular complexity index is 796. The summed E-state index contributed by atoms with van der Waals surface area (Å²) in [4.78, 5) is 4.61. The number of pyridine rings is 1. The fraction of sp³-hybridized carbons (Fsp3) is 0.118. The van der Waals surface area contributed by atoms with Gasteiger partial charge in [-0.05, 0) is 29.3 Å². The van der Waals surface area contributed by atoms with Crippen molar-refractivity contribution < 1.29 is 4.74 Å². The molecule has 0 spiro atoms. The van der Waals surface area contributed by atoms with Crippen molar-refractivity contribution in [1.29, 1.82) is 0 Å². The summed E-state index contributed by atoms with van der Waals surface area (Å²) in [5.74, 6) is 0.772. The zero-order valence-corrected chi connectivity index (χ0v) is 11.5. The fourth-order valence-corrected chi connectivity index (χ4v) is 2.90. The molecule has 1 aliphatic heterocycles. The predicted octanol–water partition coefficient (Wildman–Crippen LogP) is 4.49. The highest BCUT2D eigenvalue weighted by Crippen LogP contribution is 2.38. The molecular weight excluding hydrogens is 270 g/mol. The molecule has 2 heterocycles. The number of para-hydroxylation sites is 1. The summed E-state index contributed by atoms with van der Waals surface area (Å²) in [6.07, 6.45) is 0.908. The van der Waals surface area contributed by atoms with Crippen LogP contribution in [-0.4, -0.2) is 11.6 Å². The van der Waals surface area contributed by atoms with Gasteiger partial charge in [0, 0.05) is 22.4 Å². The van der Waals surface area contributed by atoms with Crippen LogP contribution in [0, 0.1) is 0 Å². The molecule has 0 radical (unpaired) electrons. The number of aromatic nitrogens is 1. The van der Waals surface area contributed by atoms with Gasteiger partial charge in [0.05, 0.1) is 12.1 Å². The van der Waals surface area contributed by atoms with E-state index >= 15 is 0 Å². The molecule has 0 bridgehead atoms. The van der Waals surface area contributed by atoms with Gasteiger partial charge >= 0.3 is 0 Å². The average Bonchev–Trinajstić information content (AvgIpc) is 2.93. The van der Waals surface area contributed by atoms with Crippen molar-refractivity contribution in [3.63, 3.8) is 0 Å². The van der Waals surface area contributed by atoms with Crippen molar-refractivity contribution in [2.24, 2.45) is 0 Å². The van der Waals surface area contributed by atoms with Crippen LogP contribution in [0.25, 0.3) is 22.0 Å². The SMILES string of the molecule is Clc1ccc(-c2c3c(nc4ccccc24)OCC3)cc1. The molecule has 0 N–H and O–H groups in total. The molecule has 0 saturated carbocycles. The molecule has 3 heteroatoms. The monoisotopic (exact) mass is 281 g/mol. The molecule has 2 aromatic carbocycles. The van der Waals surface area contributed by atoms with Crippen LogP contribution in [0.15, 0.2) is 48.5 Å². The van der Waals surface area contributed by atoms with E-state index in [0.29, 0.717) is 6.61 Å². The molecule has 0 fully saturated rings. The maximum Gasteiger partial charge on any atom is 0.217 e. The molecular formula is C17H12ClNO. The van der Waals surface area contributed by atoms with Crippen LogP contribution in [-0.2, 0) is 6.42 Å². The molecule has 3 aromatic rings. The van der Waals surface area contributed by atoms with Crippen LogP contribution in [0.5, 0.6) is 5.88 Å². The second-order valence-electron chi connectivity index (χ2n) is 4.89. The highest BCUT2D eigenvalue weighted by Gasteiger charge is 2.21. The van der Waals surface area contributed by atoms with E-state index in [4.69, 9.17) is 16.3 Å². The Kier molecular flexibility index (Phi) is 2.64. The van der Waals surface area contributed by atoms with E-state index in [1.54, 1.807) is 0 Å². The minimum atomic E-state index is 0.708. The molecule has 1 aliphatic rings. The summed E-state index contributed by atoms with van der Waals surface area (Å²) in [5.41, 5.74) is 4.55. The van der Waals surface area contributed by atoms with Gasteiger partial charge in [-0.2, -0.15) is 0 Å². The summed E-state index contributed by atoms with van der Waals surface area (Å²) < 4.78 is 5.66. The molecule has 0 atom stereocenters. The first-order valence-corrected chi connectivity index (χ1v) is 7.01. The van der Waals surface area contributed by atoms with E-state index in [2.05, 4.69) is 23.2 Å². The molecule has 98 valence electrons. The van der Waals surface area contributed by atoms with E-state index in [-0.39, 0.29) is 0 Å². The quantitative estimate of drug-likeness (QED) is 0.656. The Labute approximate surface area is 122 Å². The van der Waals surface area contributed by atoms with Crippen LogP contribution in [0.2, 0.25) is 5.02 Å². The Morgan fingerprint density at radius 3 is 2.65 bits per heavy atom. The Balaban J connectivity index is 2.08. The number of hydrogen-bond donors (Lipinski definition) is 0. The van der Waals surface area contributed by atoms with Crippen molar-refractivity contribution in [3.05, 3.63) is 59.1 Å². The Morgan fingerprint density at radius 1 is 1.00 bits per heavy atom. The van der Waals surface area contributed by atoms with Crippen LogP contribution in [0.4, 0.5) is 0 Å². The van der Waals surface area contributed by atoms with E-state index in [9.17, 15) is 0 Å². The van der Waals surface area contributed by atoms with Gasteiger partial charge in [0.1, 0.15) is 0 Å². The lowest BCUT2D eigenvalue weighted by Crippen LogP contribution is -1.91. The minimum Gasteiger partial charge on any atom is -0.477 e. The second-order valence-corrected chi connectivity index (χ2v) is 5.33. The Morgan fingerprint density at radius 2 is 1.80 bits per heavy atom. The largest absolute Gasteiger partial charge is 0.477 e. The zero-order valence-electron chi connectivity index (χ0n) is 10.8. The number of ether oxygens (including phenoxy) is 1. The molecule has 0 saturated heterocycles. The van der Waals surface area contributed by atoms with Gasteiger partial charge in [0.25, 0.3) is 0 Å². The standard InChI is InChI=1S/C17H12ClNO/c18-12-7-5-11(6-8-12)16-13-3-1-2-4-15(13)19-17-14(16)9-10-20-17/h1-8H,9-10H2. The number of nitrogens with zero attached hydrogens (tertiary/aromatic N) is 1. The van der Waals surface area contributed by atoms with Crippen LogP contribution in [0.1, 0.15) is 5.56 Å². The summed E-state index contributed by atoms with van der Waals surface area (Å²) in [6.45, 7) is 0.708. The highest BCUT2D eigenvalue weighted by molar-refractivity contribution is 6.30. The first-order chi connectivity index (χ1) is 9.83. The van der Waals surface area contributed by atoms with Gasteiger partial charge in [0.15, 0.2) is 0 Å². The van der Waals surface area contributed by atoms with Gasteiger partial charge < -0.3 is 4.74 Å². The van der Waals surface area contributed by atoms with Crippen molar-refractivity contribution in [3.8, 4) is 17.0 Å². The molecule has 1 aromatic heterocycles. The van der Waals surface area contributed by atoms with Crippen LogP contribution in [0.3, 0.4) is 0 Å². The number of fused-ring (bicyclic) bond motifs is 2. The van der Waals surface area contributed by atoms with Gasteiger partial charge in [-0.1, -0.05) is 41.9 Å². The maximum absolute atomic E-state index is 6.00. The van der Waals surface area contributed by atoms with Crippen LogP contribution >= 0.6 is 11.6 Å². The van der Waals surface area contributed by atoms with E-state index in [1.165, 1.54) is 16.5 Å². The number of hydrogen-bond acceptors (Lipinski definition) is 2. The average molecular weight is 282 g/mol. The first-order valence-electron chi connectivity index (χ1n) is 6.63.